The summed E-state index contributed by atoms with van der Waals surface area (Å²) in [6.45, 7) is 17.3. The number of carbonyl (C=O) groups excluding carboxylic acids is 2. The van der Waals surface area contributed by atoms with Gasteiger partial charge in [-0.15, -0.1) is 0 Å². The van der Waals surface area contributed by atoms with Crippen molar-refractivity contribution >= 4 is 49.1 Å². The molecule has 0 saturated heterocycles. The van der Waals surface area contributed by atoms with Crippen molar-refractivity contribution in [3.05, 3.63) is 104 Å². The smallest absolute Gasteiger partial charge is 0.294 e. The molecule has 0 radical (unpaired) electrons. The number of nitrogens with zero attached hydrogens (tertiary/aromatic N) is 5. The van der Waals surface area contributed by atoms with Gasteiger partial charge >= 0.3 is 0 Å². The van der Waals surface area contributed by atoms with E-state index in [0.29, 0.717) is 100 Å². The van der Waals surface area contributed by atoms with Gasteiger partial charge in [0.1, 0.15) is 11.5 Å². The van der Waals surface area contributed by atoms with E-state index in [9.17, 15) is 40.6 Å². The summed E-state index contributed by atoms with van der Waals surface area (Å²) in [6, 6.07) is 9.12. The van der Waals surface area contributed by atoms with Gasteiger partial charge in [0, 0.05) is 90.4 Å². The zero-order valence-electron chi connectivity index (χ0n) is 40.1. The number of anilines is 1. The molecular formula is C49H64N7O10S2+. The average Bonchev–Trinajstić information content (AvgIpc) is 3.62. The SMILES string of the molecule is Cc1c(C)c2c(c(C)c1O)CCC(C)(C(=O)NCCC[N+]1=C(/C=C/C=C3/N(CCCCCC(=O)NCCCN=[N+]=[N-])c4ccc(S(=O)(=O)O)cc4C3(C)C)C(C)(C)c3cc(S(=O)(=O)O)ccc31)O2. The van der Waals surface area contributed by atoms with Crippen molar-refractivity contribution in [1.29, 1.82) is 0 Å². The third-order valence-corrected chi connectivity index (χ3v) is 15.5. The van der Waals surface area contributed by atoms with Crippen LogP contribution < -0.4 is 20.3 Å². The second-order valence-corrected chi connectivity index (χ2v) is 21.9. The quantitative estimate of drug-likeness (QED) is 0.0192. The molecule has 0 aliphatic carbocycles. The van der Waals surface area contributed by atoms with E-state index >= 15 is 0 Å². The standard InChI is InChI=1S/C49H63N7O10S2/c1-31-32(2)45-36(33(3)44(31)58)22-23-49(8,66-45)46(59)52-25-14-28-56-40-21-19-35(68(63,64)65)30-38(40)48(6,7)42(56)16-12-15-41-47(4,5)37-29-34(67(60,61)62)18-20-39(37)55(41)27-11-9-10-17-43(57)51-24-13-26-53-54-50/h12,15-16,18-21,29-30H,9-11,13-14,17,22-28H2,1-8H3,(H4-,51,52,57,58,59,60,61,62,63,64,65)/p+1. The Morgan fingerprint density at radius 3 is 2.21 bits per heavy atom. The molecule has 2 amide bonds. The Balaban J connectivity index is 1.25. The predicted molar refractivity (Wildman–Crippen MR) is 260 cm³/mol. The summed E-state index contributed by atoms with van der Waals surface area (Å²) in [4.78, 5) is 30.6. The van der Waals surface area contributed by atoms with Gasteiger partial charge in [-0.25, -0.2) is 0 Å². The van der Waals surface area contributed by atoms with E-state index in [2.05, 4.69) is 30.1 Å². The number of phenolic OH excluding ortho intramolecular Hbond substituents is 1. The Hall–Kier alpha value is -5.72. The summed E-state index contributed by atoms with van der Waals surface area (Å²) in [6.07, 6.45) is 10.3. The van der Waals surface area contributed by atoms with Gasteiger partial charge in [-0.3, -0.25) is 18.7 Å². The van der Waals surface area contributed by atoms with Crippen LogP contribution in [0.2, 0.25) is 0 Å². The number of nitrogens with one attached hydrogen (secondary N) is 2. The van der Waals surface area contributed by atoms with Crippen LogP contribution in [0.25, 0.3) is 10.4 Å². The van der Waals surface area contributed by atoms with E-state index in [1.54, 1.807) is 19.1 Å². The Bertz CT molecular complexity index is 2880. The summed E-state index contributed by atoms with van der Waals surface area (Å²) >= 11 is 0. The third kappa shape index (κ3) is 10.6. The molecule has 0 spiro atoms. The maximum Gasteiger partial charge on any atom is 0.294 e. The number of hydrogen-bond acceptors (Lipinski definition) is 10. The molecule has 0 fully saturated rings. The topological polar surface area (TPSA) is 251 Å². The summed E-state index contributed by atoms with van der Waals surface area (Å²) < 4.78 is 77.7. The number of hydrogen-bond donors (Lipinski definition) is 5. The van der Waals surface area contributed by atoms with Crippen molar-refractivity contribution < 1.29 is 49.9 Å². The van der Waals surface area contributed by atoms with Crippen molar-refractivity contribution in [2.75, 3.05) is 37.6 Å². The maximum absolute atomic E-state index is 13.8. The molecule has 17 nitrogen and oxygen atoms in total. The van der Waals surface area contributed by atoms with E-state index in [0.717, 1.165) is 45.9 Å². The zero-order chi connectivity index (χ0) is 50.0. The van der Waals surface area contributed by atoms with E-state index in [-0.39, 0.29) is 27.4 Å². The molecule has 0 saturated carbocycles. The lowest BCUT2D eigenvalue weighted by molar-refractivity contribution is -0.437. The van der Waals surface area contributed by atoms with Crippen molar-refractivity contribution in [3.8, 4) is 11.5 Å². The number of azide groups is 1. The minimum absolute atomic E-state index is 0.0808. The normalized spacial score (nSPS) is 18.8. The van der Waals surface area contributed by atoms with Crippen LogP contribution in [0.5, 0.6) is 11.5 Å². The van der Waals surface area contributed by atoms with Crippen LogP contribution >= 0.6 is 0 Å². The summed E-state index contributed by atoms with van der Waals surface area (Å²) in [5, 5.41) is 20.0. The molecule has 366 valence electrons. The summed E-state index contributed by atoms with van der Waals surface area (Å²) in [7, 11) is -9.00. The number of amides is 2. The second kappa shape index (κ2) is 20.1. The minimum atomic E-state index is -4.51. The number of aromatic hydroxyl groups is 1. The fourth-order valence-electron chi connectivity index (χ4n) is 9.62. The number of unbranched alkanes of at least 4 members (excludes halogenated alkanes) is 2. The van der Waals surface area contributed by atoms with E-state index < -0.39 is 36.7 Å². The van der Waals surface area contributed by atoms with Gasteiger partial charge in [0.2, 0.25) is 11.6 Å². The van der Waals surface area contributed by atoms with E-state index in [4.69, 9.17) is 10.3 Å². The van der Waals surface area contributed by atoms with Crippen molar-refractivity contribution in [3.63, 3.8) is 0 Å². The first-order valence-corrected chi connectivity index (χ1v) is 25.8. The molecule has 5 N–H and O–H groups in total. The lowest BCUT2D eigenvalue weighted by Crippen LogP contribution is -2.51. The highest BCUT2D eigenvalue weighted by Gasteiger charge is 2.46. The van der Waals surface area contributed by atoms with Crippen LogP contribution in [-0.2, 0) is 47.1 Å². The molecule has 0 bridgehead atoms. The minimum Gasteiger partial charge on any atom is -0.507 e. The molecule has 3 aliphatic heterocycles. The lowest BCUT2D eigenvalue weighted by atomic mass is 9.81. The molecule has 3 aliphatic rings. The first-order chi connectivity index (χ1) is 31.8. The van der Waals surface area contributed by atoms with Crippen LogP contribution in [0, 0.1) is 20.8 Å². The Morgan fingerprint density at radius 2 is 1.53 bits per heavy atom. The lowest BCUT2D eigenvalue weighted by Gasteiger charge is -2.36. The monoisotopic (exact) mass is 974 g/mol. The largest absolute Gasteiger partial charge is 0.507 e. The van der Waals surface area contributed by atoms with Gasteiger partial charge in [0.25, 0.3) is 26.1 Å². The molecule has 0 aromatic heterocycles. The number of phenols is 1. The third-order valence-electron chi connectivity index (χ3n) is 13.8. The van der Waals surface area contributed by atoms with Crippen molar-refractivity contribution in [1.82, 2.24) is 10.6 Å². The molecule has 1 unspecified atom stereocenters. The first kappa shape index (κ1) is 51.7. The van der Waals surface area contributed by atoms with Crippen LogP contribution in [0.1, 0.15) is 113 Å². The summed E-state index contributed by atoms with van der Waals surface area (Å²) in [5.41, 5.74) is 13.7. The highest BCUT2D eigenvalue weighted by molar-refractivity contribution is 7.86. The van der Waals surface area contributed by atoms with Gasteiger partial charge in [-0.05, 0) is 131 Å². The van der Waals surface area contributed by atoms with Crippen LogP contribution in [0.15, 0.2) is 75.2 Å². The summed E-state index contributed by atoms with van der Waals surface area (Å²) in [5.74, 6) is 0.542. The van der Waals surface area contributed by atoms with Crippen LogP contribution in [0.4, 0.5) is 11.4 Å². The van der Waals surface area contributed by atoms with Gasteiger partial charge in [0.15, 0.2) is 17.9 Å². The van der Waals surface area contributed by atoms with E-state index in [1.165, 1.54) is 24.3 Å². The van der Waals surface area contributed by atoms with Crippen molar-refractivity contribution in [2.45, 2.75) is 133 Å². The molecular weight excluding hydrogens is 911 g/mol. The Labute approximate surface area is 399 Å². The molecule has 3 heterocycles. The number of fused-ring (bicyclic) bond motifs is 3. The maximum atomic E-state index is 13.8. The zero-order valence-corrected chi connectivity index (χ0v) is 41.8. The van der Waals surface area contributed by atoms with E-state index in [1.807, 2.05) is 66.7 Å². The number of allylic oxidation sites excluding steroid dienone is 4. The highest BCUT2D eigenvalue weighted by Crippen LogP contribution is 2.49. The van der Waals surface area contributed by atoms with Gasteiger partial charge < -0.3 is 25.4 Å². The average molecular weight is 975 g/mol. The second-order valence-electron chi connectivity index (χ2n) is 19.1. The van der Waals surface area contributed by atoms with Crippen LogP contribution in [-0.4, -0.2) is 91.5 Å². The number of ether oxygens (including phenoxy) is 1. The molecule has 3 aromatic carbocycles. The fraction of sp³-hybridized carbons (Fsp3) is 0.490. The molecule has 3 aromatic rings. The molecule has 19 heteroatoms. The Morgan fingerprint density at radius 1 is 0.868 bits per heavy atom. The predicted octanol–water partition coefficient (Wildman–Crippen LogP) is 8.09. The molecule has 68 heavy (non-hydrogen) atoms. The number of rotatable bonds is 19. The van der Waals surface area contributed by atoms with Crippen molar-refractivity contribution in [2.24, 2.45) is 5.11 Å². The van der Waals surface area contributed by atoms with Gasteiger partial charge in [0.05, 0.1) is 15.2 Å². The number of benzene rings is 3. The number of carbonyl (C=O) groups is 2. The molecule has 6 rings (SSSR count). The van der Waals surface area contributed by atoms with Gasteiger partial charge in [-0.1, -0.05) is 31.5 Å². The van der Waals surface area contributed by atoms with Gasteiger partial charge in [-0.2, -0.15) is 21.4 Å². The van der Waals surface area contributed by atoms with Crippen LogP contribution in [0.3, 0.4) is 0 Å². The Kier molecular flexibility index (Phi) is 15.3. The fourth-order valence-corrected chi connectivity index (χ4v) is 10.6. The first-order valence-electron chi connectivity index (χ1n) is 23.0. The highest BCUT2D eigenvalue weighted by atomic mass is 32.2. The molecule has 1 atom stereocenters.